The monoisotopic (exact) mass is 260 g/mol. The van der Waals surface area contributed by atoms with Crippen LogP contribution < -0.4 is 0 Å². The van der Waals surface area contributed by atoms with E-state index >= 15 is 0 Å². The Balaban J connectivity index is 3.53. The number of hydrogen-bond donors (Lipinski definition) is 1. The van der Waals surface area contributed by atoms with Gasteiger partial charge in [0.25, 0.3) is 0 Å². The lowest BCUT2D eigenvalue weighted by Crippen LogP contribution is -2.55. The first-order valence-electron chi connectivity index (χ1n) is 5.41. The number of hydrogen-bond acceptors (Lipinski definition) is 1. The third-order valence-electron chi connectivity index (χ3n) is 2.91. The van der Waals surface area contributed by atoms with Gasteiger partial charge in [0.2, 0.25) is 5.67 Å². The zero-order valence-corrected chi connectivity index (χ0v) is 10.4. The van der Waals surface area contributed by atoms with Crippen molar-refractivity contribution < 1.29 is 23.1 Å². The average Bonchev–Trinajstić information content (AvgIpc) is 2.27. The fraction of sp³-hybridized carbons (Fsp3) is 0.462. The summed E-state index contributed by atoms with van der Waals surface area (Å²) in [5.74, 6) is -6.98. The van der Waals surface area contributed by atoms with Gasteiger partial charge in [-0.3, -0.25) is 0 Å². The van der Waals surface area contributed by atoms with Crippen molar-refractivity contribution >= 4 is 5.97 Å². The molecule has 0 amide bonds. The minimum absolute atomic E-state index is 0.343. The molecule has 1 rings (SSSR count). The van der Waals surface area contributed by atoms with Crippen LogP contribution in [-0.4, -0.2) is 17.0 Å². The Morgan fingerprint density at radius 1 is 1.06 bits per heavy atom. The van der Waals surface area contributed by atoms with Gasteiger partial charge in [-0.1, -0.05) is 51.1 Å². The summed E-state index contributed by atoms with van der Waals surface area (Å²) in [7, 11) is 0. The number of carbonyl (C=O) groups is 1. The van der Waals surface area contributed by atoms with Gasteiger partial charge in [-0.05, 0) is 5.56 Å². The highest BCUT2D eigenvalue weighted by molar-refractivity contribution is 5.78. The van der Waals surface area contributed by atoms with Crippen LogP contribution in [0.4, 0.5) is 13.2 Å². The van der Waals surface area contributed by atoms with Gasteiger partial charge in [-0.2, -0.15) is 8.78 Å². The normalized spacial score (nSPS) is 16.1. The lowest BCUT2D eigenvalue weighted by atomic mass is 9.70. The van der Waals surface area contributed by atoms with Crippen LogP contribution >= 0.6 is 0 Å². The second kappa shape index (κ2) is 4.30. The van der Waals surface area contributed by atoms with Crippen LogP contribution in [0.2, 0.25) is 0 Å². The third kappa shape index (κ3) is 1.98. The van der Waals surface area contributed by atoms with Crippen molar-refractivity contribution in [3.63, 3.8) is 0 Å². The molecule has 0 aromatic heterocycles. The summed E-state index contributed by atoms with van der Waals surface area (Å²) in [5, 5.41) is 8.61. The molecule has 100 valence electrons. The molecule has 0 saturated carbocycles. The third-order valence-corrected chi connectivity index (χ3v) is 2.91. The lowest BCUT2D eigenvalue weighted by molar-refractivity contribution is -0.215. The molecule has 1 aromatic rings. The topological polar surface area (TPSA) is 37.3 Å². The fourth-order valence-electron chi connectivity index (χ4n) is 1.90. The van der Waals surface area contributed by atoms with E-state index in [1.165, 1.54) is 45.0 Å². The van der Waals surface area contributed by atoms with Crippen LogP contribution in [0.15, 0.2) is 30.3 Å². The van der Waals surface area contributed by atoms with Crippen LogP contribution in [0.25, 0.3) is 0 Å². The van der Waals surface area contributed by atoms with Crippen LogP contribution in [0.5, 0.6) is 0 Å². The minimum atomic E-state index is -4.51. The molecule has 1 aromatic carbocycles. The Morgan fingerprint density at radius 2 is 1.50 bits per heavy atom. The zero-order valence-electron chi connectivity index (χ0n) is 10.4. The van der Waals surface area contributed by atoms with Crippen molar-refractivity contribution in [2.75, 3.05) is 0 Å². The summed E-state index contributed by atoms with van der Waals surface area (Å²) in [4.78, 5) is 10.7. The Morgan fingerprint density at radius 3 is 1.83 bits per heavy atom. The summed E-state index contributed by atoms with van der Waals surface area (Å²) in [5.41, 5.74) is -5.20. The quantitative estimate of drug-likeness (QED) is 0.901. The van der Waals surface area contributed by atoms with Crippen molar-refractivity contribution in [2.45, 2.75) is 32.4 Å². The van der Waals surface area contributed by atoms with Gasteiger partial charge >= 0.3 is 11.9 Å². The van der Waals surface area contributed by atoms with Crippen molar-refractivity contribution in [3.05, 3.63) is 35.9 Å². The Labute approximate surface area is 103 Å². The van der Waals surface area contributed by atoms with E-state index in [-0.39, 0.29) is 5.56 Å². The highest BCUT2D eigenvalue weighted by Crippen LogP contribution is 2.53. The predicted molar refractivity (Wildman–Crippen MR) is 61.3 cm³/mol. The number of rotatable bonds is 3. The summed E-state index contributed by atoms with van der Waals surface area (Å²) in [6.07, 6.45) is 0. The molecule has 18 heavy (non-hydrogen) atoms. The van der Waals surface area contributed by atoms with Gasteiger partial charge in [0.05, 0.1) is 0 Å². The van der Waals surface area contributed by atoms with E-state index in [1.807, 2.05) is 0 Å². The SMILES string of the molecule is CC(C)(C)C(F)(c1ccccc1)C(F)(F)C(=O)O. The molecule has 0 bridgehead atoms. The highest BCUT2D eigenvalue weighted by Gasteiger charge is 2.67. The van der Waals surface area contributed by atoms with Crippen LogP contribution in [0.1, 0.15) is 26.3 Å². The van der Waals surface area contributed by atoms with Crippen molar-refractivity contribution in [2.24, 2.45) is 5.41 Å². The standard InChI is InChI=1S/C13H15F3O2/c1-11(2,3)12(14,13(15,16)10(17)18)9-7-5-4-6-8-9/h4-8H,1-3H3,(H,17,18). The number of halogens is 3. The zero-order chi connectivity index (χ0) is 14.2. The van der Waals surface area contributed by atoms with Crippen molar-refractivity contribution in [3.8, 4) is 0 Å². The smallest absolute Gasteiger partial charge is 0.380 e. The summed E-state index contributed by atoms with van der Waals surface area (Å²) < 4.78 is 42.5. The molecular weight excluding hydrogens is 245 g/mol. The van der Waals surface area contributed by atoms with Gasteiger partial charge in [-0.15, -0.1) is 0 Å². The van der Waals surface area contributed by atoms with E-state index in [9.17, 15) is 18.0 Å². The molecule has 0 spiro atoms. The molecule has 0 heterocycles. The molecule has 1 atom stereocenters. The molecule has 1 unspecified atom stereocenters. The van der Waals surface area contributed by atoms with E-state index in [1.54, 1.807) is 6.07 Å². The molecule has 0 saturated heterocycles. The molecular formula is C13H15F3O2. The van der Waals surface area contributed by atoms with E-state index in [2.05, 4.69) is 0 Å². The van der Waals surface area contributed by atoms with Crippen LogP contribution in [0.3, 0.4) is 0 Å². The van der Waals surface area contributed by atoms with Gasteiger partial charge in [0.15, 0.2) is 0 Å². The molecule has 0 aliphatic carbocycles. The number of carboxylic acids is 1. The summed E-state index contributed by atoms with van der Waals surface area (Å²) in [6.45, 7) is 3.74. The highest BCUT2D eigenvalue weighted by atomic mass is 19.3. The predicted octanol–water partition coefficient (Wildman–Crippen LogP) is 3.62. The molecule has 0 aliphatic rings. The van der Waals surface area contributed by atoms with Crippen molar-refractivity contribution in [1.29, 1.82) is 0 Å². The van der Waals surface area contributed by atoms with E-state index in [4.69, 9.17) is 5.11 Å². The molecule has 0 aliphatic heterocycles. The number of carboxylic acid groups (broad SMARTS) is 1. The summed E-state index contributed by atoms with van der Waals surface area (Å²) in [6, 6.07) is 6.68. The molecule has 2 nitrogen and oxygen atoms in total. The van der Waals surface area contributed by atoms with Gasteiger partial charge < -0.3 is 5.11 Å². The van der Waals surface area contributed by atoms with Crippen LogP contribution in [0, 0.1) is 5.41 Å². The first-order valence-corrected chi connectivity index (χ1v) is 5.41. The maximum atomic E-state index is 14.9. The first-order chi connectivity index (χ1) is 8.05. The van der Waals surface area contributed by atoms with E-state index < -0.39 is 23.0 Å². The first kappa shape index (κ1) is 14.5. The second-order valence-electron chi connectivity index (χ2n) is 5.15. The summed E-state index contributed by atoms with van der Waals surface area (Å²) >= 11 is 0. The second-order valence-corrected chi connectivity index (χ2v) is 5.15. The molecule has 0 fully saturated rings. The van der Waals surface area contributed by atoms with Gasteiger partial charge in [0, 0.05) is 5.41 Å². The number of alkyl halides is 3. The number of aliphatic carboxylic acids is 1. The van der Waals surface area contributed by atoms with E-state index in [0.29, 0.717) is 0 Å². The maximum Gasteiger partial charge on any atom is 0.380 e. The largest absolute Gasteiger partial charge is 0.477 e. The lowest BCUT2D eigenvalue weighted by Gasteiger charge is -2.41. The Hall–Kier alpha value is -1.52. The molecule has 1 N–H and O–H groups in total. The van der Waals surface area contributed by atoms with Crippen molar-refractivity contribution in [1.82, 2.24) is 0 Å². The van der Waals surface area contributed by atoms with Crippen LogP contribution in [-0.2, 0) is 10.5 Å². The van der Waals surface area contributed by atoms with Gasteiger partial charge in [0.1, 0.15) is 0 Å². The Kier molecular flexibility index (Phi) is 3.47. The average molecular weight is 260 g/mol. The maximum absolute atomic E-state index is 14.9. The Bertz CT molecular complexity index is 437. The van der Waals surface area contributed by atoms with E-state index in [0.717, 1.165) is 0 Å². The molecule has 0 radical (unpaired) electrons. The minimum Gasteiger partial charge on any atom is -0.477 e. The fourth-order valence-corrected chi connectivity index (χ4v) is 1.90. The number of benzene rings is 1. The molecule has 5 heteroatoms. The van der Waals surface area contributed by atoms with Gasteiger partial charge in [-0.25, -0.2) is 9.18 Å².